The molecule has 5 nitrogen and oxygen atoms in total. The molecule has 2 aromatic carbocycles. The molecule has 0 radical (unpaired) electrons. The van der Waals surface area contributed by atoms with Gasteiger partial charge < -0.3 is 16.0 Å². The molecule has 4 rings (SSSR count). The second-order valence-electron chi connectivity index (χ2n) is 6.44. The predicted molar refractivity (Wildman–Crippen MR) is 105 cm³/mol. The second kappa shape index (κ2) is 6.52. The van der Waals surface area contributed by atoms with Gasteiger partial charge in [0.25, 0.3) is 5.91 Å². The highest BCUT2D eigenvalue weighted by atomic mass is 16.2. The lowest BCUT2D eigenvalue weighted by atomic mass is 10.1. The third kappa shape index (κ3) is 2.99. The highest BCUT2D eigenvalue weighted by molar-refractivity contribution is 6.08. The molecule has 3 aromatic rings. The smallest absolute Gasteiger partial charge is 0.258 e. The first kappa shape index (κ1) is 16.1. The van der Waals surface area contributed by atoms with Crippen LogP contribution in [0.25, 0.3) is 0 Å². The number of nitrogens with two attached hydrogens (primary N) is 1. The summed E-state index contributed by atoms with van der Waals surface area (Å²) in [5, 5.41) is 3.46. The summed E-state index contributed by atoms with van der Waals surface area (Å²) in [5.74, 6) is 0.000607. The van der Waals surface area contributed by atoms with Gasteiger partial charge in [0.05, 0.1) is 0 Å². The SMILES string of the molecule is Cc1cc(Nc2cccc3c2CCN3C(=O)c2ccc(N)cc2)ccn1. The van der Waals surface area contributed by atoms with Gasteiger partial charge in [-0.15, -0.1) is 0 Å². The van der Waals surface area contributed by atoms with Gasteiger partial charge >= 0.3 is 0 Å². The van der Waals surface area contributed by atoms with Crippen LogP contribution in [0.2, 0.25) is 0 Å². The highest BCUT2D eigenvalue weighted by Crippen LogP contribution is 2.36. The van der Waals surface area contributed by atoms with E-state index >= 15 is 0 Å². The summed E-state index contributed by atoms with van der Waals surface area (Å²) in [4.78, 5) is 19.0. The van der Waals surface area contributed by atoms with Gasteiger partial charge in [-0.2, -0.15) is 0 Å². The van der Waals surface area contributed by atoms with Crippen molar-refractivity contribution < 1.29 is 4.79 Å². The Hall–Kier alpha value is -3.34. The van der Waals surface area contributed by atoms with Gasteiger partial charge in [0.2, 0.25) is 0 Å². The van der Waals surface area contributed by atoms with E-state index in [-0.39, 0.29) is 5.91 Å². The Balaban J connectivity index is 1.63. The van der Waals surface area contributed by atoms with Crippen LogP contribution in [0.1, 0.15) is 21.6 Å². The fourth-order valence-electron chi connectivity index (χ4n) is 3.32. The number of fused-ring (bicyclic) bond motifs is 1. The van der Waals surface area contributed by atoms with Gasteiger partial charge in [0.1, 0.15) is 0 Å². The third-order valence-electron chi connectivity index (χ3n) is 4.61. The summed E-state index contributed by atoms with van der Waals surface area (Å²) in [7, 11) is 0. The molecule has 0 aliphatic carbocycles. The van der Waals surface area contributed by atoms with E-state index in [1.807, 2.05) is 42.2 Å². The summed E-state index contributed by atoms with van der Waals surface area (Å²) < 4.78 is 0. The average molecular weight is 344 g/mol. The van der Waals surface area contributed by atoms with Crippen LogP contribution in [-0.2, 0) is 6.42 Å². The van der Waals surface area contributed by atoms with Crippen molar-refractivity contribution in [2.45, 2.75) is 13.3 Å². The molecule has 0 saturated carbocycles. The molecular weight excluding hydrogens is 324 g/mol. The molecule has 1 amide bonds. The quantitative estimate of drug-likeness (QED) is 0.707. The van der Waals surface area contributed by atoms with E-state index in [4.69, 9.17) is 5.73 Å². The van der Waals surface area contributed by atoms with Gasteiger partial charge in [-0.3, -0.25) is 9.78 Å². The molecule has 0 unspecified atom stereocenters. The summed E-state index contributed by atoms with van der Waals surface area (Å²) in [6, 6.07) is 17.0. The third-order valence-corrected chi connectivity index (χ3v) is 4.61. The van der Waals surface area contributed by atoms with Gasteiger partial charge in [-0.25, -0.2) is 0 Å². The van der Waals surface area contributed by atoms with E-state index in [1.54, 1.807) is 30.5 Å². The van der Waals surface area contributed by atoms with Crippen molar-refractivity contribution in [2.24, 2.45) is 0 Å². The van der Waals surface area contributed by atoms with Crippen molar-refractivity contribution in [3.05, 3.63) is 77.6 Å². The molecule has 1 aromatic heterocycles. The number of aromatic nitrogens is 1. The Kier molecular flexibility index (Phi) is 4.05. The maximum atomic E-state index is 12.9. The van der Waals surface area contributed by atoms with Crippen LogP contribution < -0.4 is 16.0 Å². The molecule has 2 heterocycles. The number of aryl methyl sites for hydroxylation is 1. The van der Waals surface area contributed by atoms with E-state index in [2.05, 4.69) is 10.3 Å². The molecule has 0 bridgehead atoms. The molecular formula is C21H20N4O. The molecule has 26 heavy (non-hydrogen) atoms. The van der Waals surface area contributed by atoms with Crippen molar-refractivity contribution in [1.82, 2.24) is 4.98 Å². The van der Waals surface area contributed by atoms with Crippen LogP contribution in [0.5, 0.6) is 0 Å². The molecule has 0 atom stereocenters. The normalized spacial score (nSPS) is 12.7. The lowest BCUT2D eigenvalue weighted by Gasteiger charge is -2.18. The first-order chi connectivity index (χ1) is 12.6. The zero-order valence-electron chi connectivity index (χ0n) is 14.6. The van der Waals surface area contributed by atoms with Crippen molar-refractivity contribution in [3.8, 4) is 0 Å². The molecule has 1 aliphatic rings. The van der Waals surface area contributed by atoms with Crippen molar-refractivity contribution in [3.63, 3.8) is 0 Å². The van der Waals surface area contributed by atoms with Crippen molar-refractivity contribution in [2.75, 3.05) is 22.5 Å². The number of nitrogens with one attached hydrogen (secondary N) is 1. The van der Waals surface area contributed by atoms with E-state index in [0.717, 1.165) is 34.7 Å². The van der Waals surface area contributed by atoms with Gasteiger partial charge in [-0.05, 0) is 61.9 Å². The average Bonchev–Trinajstić information content (AvgIpc) is 3.07. The lowest BCUT2D eigenvalue weighted by Crippen LogP contribution is -2.28. The first-order valence-corrected chi connectivity index (χ1v) is 8.61. The topological polar surface area (TPSA) is 71.2 Å². The predicted octanol–water partition coefficient (Wildman–Crippen LogP) is 3.92. The molecule has 0 spiro atoms. The standard InChI is InChI=1S/C21H20N4O/c1-14-13-17(9-11-23-14)24-19-3-2-4-20-18(19)10-12-25(20)21(26)15-5-7-16(22)8-6-15/h2-9,11,13H,10,12,22H2,1H3,(H,23,24). The van der Waals surface area contributed by atoms with Crippen LogP contribution in [0.3, 0.4) is 0 Å². The summed E-state index contributed by atoms with van der Waals surface area (Å²) >= 11 is 0. The monoisotopic (exact) mass is 344 g/mol. The lowest BCUT2D eigenvalue weighted by molar-refractivity contribution is 0.0989. The highest BCUT2D eigenvalue weighted by Gasteiger charge is 2.27. The molecule has 5 heteroatoms. The molecule has 3 N–H and O–H groups in total. The second-order valence-corrected chi connectivity index (χ2v) is 6.44. The Labute approximate surface area is 152 Å². The van der Waals surface area contributed by atoms with Crippen LogP contribution in [0.4, 0.5) is 22.7 Å². The Morgan fingerprint density at radius 1 is 1.15 bits per heavy atom. The van der Waals surface area contributed by atoms with E-state index in [9.17, 15) is 4.79 Å². The number of hydrogen-bond acceptors (Lipinski definition) is 4. The number of amides is 1. The van der Waals surface area contributed by atoms with Crippen LogP contribution in [0, 0.1) is 6.92 Å². The van der Waals surface area contributed by atoms with Gasteiger partial charge in [0.15, 0.2) is 0 Å². The first-order valence-electron chi connectivity index (χ1n) is 8.61. The number of rotatable bonds is 3. The van der Waals surface area contributed by atoms with Gasteiger partial charge in [0, 0.05) is 52.3 Å². The Morgan fingerprint density at radius 2 is 1.96 bits per heavy atom. The number of anilines is 4. The minimum atomic E-state index is 0.000607. The minimum absolute atomic E-state index is 0.000607. The fourth-order valence-corrected chi connectivity index (χ4v) is 3.32. The van der Waals surface area contributed by atoms with Crippen LogP contribution >= 0.6 is 0 Å². The number of hydrogen-bond donors (Lipinski definition) is 2. The molecule has 0 fully saturated rings. The number of pyridine rings is 1. The van der Waals surface area contributed by atoms with Crippen molar-refractivity contribution in [1.29, 1.82) is 0 Å². The number of carbonyl (C=O) groups is 1. The van der Waals surface area contributed by atoms with Crippen LogP contribution in [0.15, 0.2) is 60.8 Å². The molecule has 130 valence electrons. The molecule has 1 aliphatic heterocycles. The number of nitrogen functional groups attached to an aromatic ring is 1. The number of benzene rings is 2. The van der Waals surface area contributed by atoms with E-state index in [1.165, 1.54) is 0 Å². The van der Waals surface area contributed by atoms with E-state index < -0.39 is 0 Å². The number of carbonyl (C=O) groups excluding carboxylic acids is 1. The summed E-state index contributed by atoms with van der Waals surface area (Å²) in [5.41, 5.74) is 12.1. The molecule has 0 saturated heterocycles. The summed E-state index contributed by atoms with van der Waals surface area (Å²) in [6.07, 6.45) is 2.61. The maximum absolute atomic E-state index is 12.9. The zero-order valence-corrected chi connectivity index (χ0v) is 14.6. The summed E-state index contributed by atoms with van der Waals surface area (Å²) in [6.45, 7) is 2.64. The van der Waals surface area contributed by atoms with E-state index in [0.29, 0.717) is 17.8 Å². The number of nitrogens with zero attached hydrogens (tertiary/aromatic N) is 2. The zero-order chi connectivity index (χ0) is 18.1. The van der Waals surface area contributed by atoms with Gasteiger partial charge in [-0.1, -0.05) is 6.07 Å². The minimum Gasteiger partial charge on any atom is -0.399 e. The van der Waals surface area contributed by atoms with Crippen molar-refractivity contribution >= 4 is 28.7 Å². The van der Waals surface area contributed by atoms with Crippen LogP contribution in [-0.4, -0.2) is 17.4 Å². The maximum Gasteiger partial charge on any atom is 0.258 e. The largest absolute Gasteiger partial charge is 0.399 e. The Morgan fingerprint density at radius 3 is 2.73 bits per heavy atom. The Bertz CT molecular complexity index is 966. The fraction of sp³-hybridized carbons (Fsp3) is 0.143.